The zero-order valence-corrected chi connectivity index (χ0v) is 15.7. The molecular formula is C21H34O4. The topological polar surface area (TPSA) is 77.8 Å². The molecule has 4 fully saturated rings. The van der Waals surface area contributed by atoms with Gasteiger partial charge in [-0.15, -0.1) is 0 Å². The summed E-state index contributed by atoms with van der Waals surface area (Å²) in [5.41, 5.74) is 0.337. The maximum absolute atomic E-state index is 11.4. The van der Waals surface area contributed by atoms with Gasteiger partial charge in [-0.2, -0.15) is 0 Å². The minimum absolute atomic E-state index is 0.0175. The van der Waals surface area contributed by atoms with E-state index in [0.717, 1.165) is 44.4 Å². The Bertz CT molecular complexity index is 548. The summed E-state index contributed by atoms with van der Waals surface area (Å²) in [4.78, 5) is 11.4. The number of hydrogen-bond acceptors (Lipinski definition) is 3. The summed E-state index contributed by atoms with van der Waals surface area (Å²) in [6.45, 7) is 4.73. The quantitative estimate of drug-likeness (QED) is 0.713. The Labute approximate surface area is 151 Å². The van der Waals surface area contributed by atoms with Gasteiger partial charge in [-0.3, -0.25) is 0 Å². The molecule has 0 radical (unpaired) electrons. The van der Waals surface area contributed by atoms with Crippen LogP contribution in [-0.2, 0) is 4.79 Å². The van der Waals surface area contributed by atoms with Gasteiger partial charge in [0.05, 0.1) is 6.10 Å². The molecule has 0 saturated heterocycles. The van der Waals surface area contributed by atoms with E-state index in [-0.39, 0.29) is 17.4 Å². The number of carboxylic acids is 1. The normalized spacial score (nSPS) is 53.4. The Morgan fingerprint density at radius 2 is 1.64 bits per heavy atom. The van der Waals surface area contributed by atoms with Gasteiger partial charge >= 0.3 is 5.97 Å². The average Bonchev–Trinajstić information content (AvgIpc) is 2.92. The summed E-state index contributed by atoms with van der Waals surface area (Å²) >= 11 is 0. The molecule has 4 rings (SSSR count). The highest BCUT2D eigenvalue weighted by Gasteiger charge is 2.61. The first-order chi connectivity index (χ1) is 11.8. The van der Waals surface area contributed by atoms with Gasteiger partial charge in [0.15, 0.2) is 6.10 Å². The van der Waals surface area contributed by atoms with Crippen molar-refractivity contribution in [3.05, 3.63) is 0 Å². The maximum Gasteiger partial charge on any atom is 0.332 e. The number of carbonyl (C=O) groups is 1. The zero-order valence-electron chi connectivity index (χ0n) is 15.7. The van der Waals surface area contributed by atoms with Crippen molar-refractivity contribution in [2.45, 2.75) is 83.8 Å². The first-order valence-electron chi connectivity index (χ1n) is 10.4. The van der Waals surface area contributed by atoms with Crippen LogP contribution in [0.25, 0.3) is 0 Å². The highest BCUT2D eigenvalue weighted by atomic mass is 16.4. The number of carboxylic acid groups (broad SMARTS) is 1. The lowest BCUT2D eigenvalue weighted by molar-refractivity contribution is -0.158. The summed E-state index contributed by atoms with van der Waals surface area (Å²) in [6.07, 6.45) is 8.36. The molecule has 4 aliphatic carbocycles. The summed E-state index contributed by atoms with van der Waals surface area (Å²) in [6, 6.07) is 0. The molecule has 0 aliphatic heterocycles. The monoisotopic (exact) mass is 350 g/mol. The molecule has 0 bridgehead atoms. The smallest absolute Gasteiger partial charge is 0.332 e. The number of fused-ring (bicyclic) bond motifs is 5. The standard InChI is InChI=1S/C21H34O4/c1-20-9-7-13(22)11-12(20)3-4-14-15-5-6-17(18(23)19(24)25)21(15,2)10-8-16(14)20/h12-18,22-23H,3-11H2,1-2H3,(H,24,25)/t12?,13?,14-,15-,16-,17+,18?,20-,21-/m0/s1. The molecule has 4 heteroatoms. The van der Waals surface area contributed by atoms with Gasteiger partial charge in [0.2, 0.25) is 0 Å². The van der Waals surface area contributed by atoms with Gasteiger partial charge < -0.3 is 15.3 Å². The number of aliphatic hydroxyl groups is 2. The predicted octanol–water partition coefficient (Wildman–Crippen LogP) is 3.45. The third-order valence-electron chi connectivity index (χ3n) is 9.35. The van der Waals surface area contributed by atoms with Crippen LogP contribution in [0.1, 0.15) is 71.6 Å². The van der Waals surface area contributed by atoms with Crippen LogP contribution in [0.15, 0.2) is 0 Å². The minimum atomic E-state index is -1.21. The molecule has 4 saturated carbocycles. The molecule has 25 heavy (non-hydrogen) atoms. The highest BCUT2D eigenvalue weighted by molar-refractivity contribution is 5.72. The molecule has 0 heterocycles. The zero-order chi connectivity index (χ0) is 18.0. The average molecular weight is 350 g/mol. The fraction of sp³-hybridized carbons (Fsp3) is 0.952. The minimum Gasteiger partial charge on any atom is -0.479 e. The number of hydrogen-bond donors (Lipinski definition) is 3. The van der Waals surface area contributed by atoms with Crippen LogP contribution in [0.5, 0.6) is 0 Å². The summed E-state index contributed by atoms with van der Waals surface area (Å²) in [5, 5.41) is 29.7. The molecule has 0 aromatic heterocycles. The second-order valence-electron chi connectivity index (χ2n) is 10.1. The molecule has 0 spiro atoms. The third kappa shape index (κ3) is 2.50. The highest BCUT2D eigenvalue weighted by Crippen LogP contribution is 2.67. The molecule has 9 atom stereocenters. The molecule has 4 nitrogen and oxygen atoms in total. The Hall–Kier alpha value is -0.610. The SMILES string of the molecule is C[C@]12CC[C@H]3[C@@H](CCC4CC(O)CC[C@@]43C)[C@@H]1CC[C@@H]2C(O)C(=O)O. The van der Waals surface area contributed by atoms with Gasteiger partial charge in [0.1, 0.15) is 0 Å². The first kappa shape index (κ1) is 17.8. The lowest BCUT2D eigenvalue weighted by atomic mass is 9.44. The molecule has 0 aromatic rings. The van der Waals surface area contributed by atoms with Crippen molar-refractivity contribution in [1.29, 1.82) is 0 Å². The number of rotatable bonds is 2. The van der Waals surface area contributed by atoms with Crippen LogP contribution in [0.4, 0.5) is 0 Å². The van der Waals surface area contributed by atoms with Crippen LogP contribution in [-0.4, -0.2) is 33.5 Å². The van der Waals surface area contributed by atoms with E-state index in [1.54, 1.807) is 0 Å². The van der Waals surface area contributed by atoms with E-state index in [4.69, 9.17) is 0 Å². The van der Waals surface area contributed by atoms with E-state index >= 15 is 0 Å². The van der Waals surface area contributed by atoms with Crippen molar-refractivity contribution in [3.8, 4) is 0 Å². The third-order valence-corrected chi connectivity index (χ3v) is 9.35. The second kappa shape index (κ2) is 5.95. The lowest BCUT2D eigenvalue weighted by Gasteiger charge is -2.61. The largest absolute Gasteiger partial charge is 0.479 e. The summed E-state index contributed by atoms with van der Waals surface area (Å²) in [7, 11) is 0. The molecule has 142 valence electrons. The van der Waals surface area contributed by atoms with Crippen LogP contribution in [0.3, 0.4) is 0 Å². The van der Waals surface area contributed by atoms with Crippen molar-refractivity contribution in [3.63, 3.8) is 0 Å². The molecule has 4 aliphatic rings. The molecule has 0 amide bonds. The molecular weight excluding hydrogens is 316 g/mol. The predicted molar refractivity (Wildman–Crippen MR) is 94.9 cm³/mol. The Kier molecular flexibility index (Phi) is 4.23. The van der Waals surface area contributed by atoms with E-state index in [2.05, 4.69) is 13.8 Å². The van der Waals surface area contributed by atoms with Gasteiger partial charge in [0.25, 0.3) is 0 Å². The lowest BCUT2D eigenvalue weighted by Crippen LogP contribution is -2.54. The van der Waals surface area contributed by atoms with Gasteiger partial charge in [-0.25, -0.2) is 4.79 Å². The van der Waals surface area contributed by atoms with Crippen LogP contribution < -0.4 is 0 Å². The van der Waals surface area contributed by atoms with Crippen LogP contribution in [0.2, 0.25) is 0 Å². The molecule has 0 aromatic carbocycles. The summed E-state index contributed by atoms with van der Waals surface area (Å²) < 4.78 is 0. The Morgan fingerprint density at radius 1 is 0.960 bits per heavy atom. The molecule has 3 unspecified atom stereocenters. The Balaban J connectivity index is 1.59. The maximum atomic E-state index is 11.4. The fourth-order valence-electron chi connectivity index (χ4n) is 7.97. The first-order valence-corrected chi connectivity index (χ1v) is 10.4. The van der Waals surface area contributed by atoms with E-state index in [0.29, 0.717) is 23.2 Å². The Morgan fingerprint density at radius 3 is 2.36 bits per heavy atom. The van der Waals surface area contributed by atoms with Gasteiger partial charge in [0, 0.05) is 5.92 Å². The number of aliphatic hydroxyl groups excluding tert-OH is 2. The van der Waals surface area contributed by atoms with Crippen LogP contribution in [0, 0.1) is 40.4 Å². The van der Waals surface area contributed by atoms with Crippen molar-refractivity contribution < 1.29 is 20.1 Å². The second-order valence-corrected chi connectivity index (χ2v) is 10.1. The van der Waals surface area contributed by atoms with E-state index in [1.807, 2.05) is 0 Å². The van der Waals surface area contributed by atoms with Crippen molar-refractivity contribution in [1.82, 2.24) is 0 Å². The van der Waals surface area contributed by atoms with Crippen molar-refractivity contribution in [2.75, 3.05) is 0 Å². The van der Waals surface area contributed by atoms with Crippen molar-refractivity contribution >= 4 is 5.97 Å². The van der Waals surface area contributed by atoms with E-state index in [9.17, 15) is 20.1 Å². The van der Waals surface area contributed by atoms with E-state index < -0.39 is 12.1 Å². The van der Waals surface area contributed by atoms with Gasteiger partial charge in [-0.05, 0) is 92.3 Å². The van der Waals surface area contributed by atoms with Gasteiger partial charge in [-0.1, -0.05) is 13.8 Å². The van der Waals surface area contributed by atoms with Crippen molar-refractivity contribution in [2.24, 2.45) is 40.4 Å². The fourth-order valence-corrected chi connectivity index (χ4v) is 7.97. The molecule has 3 N–H and O–H groups in total. The number of aliphatic carboxylic acids is 1. The van der Waals surface area contributed by atoms with Crippen LogP contribution >= 0.6 is 0 Å². The van der Waals surface area contributed by atoms with E-state index in [1.165, 1.54) is 19.3 Å². The summed E-state index contributed by atoms with van der Waals surface area (Å²) in [5.74, 6) is 1.48.